The lowest BCUT2D eigenvalue weighted by molar-refractivity contribution is -0.0499. The lowest BCUT2D eigenvalue weighted by atomic mass is 9.96. The van der Waals surface area contributed by atoms with Gasteiger partial charge in [-0.1, -0.05) is 108 Å². The maximum atomic E-state index is 13.4. The molecular formula is C57H29Cl2F3O9S. The van der Waals surface area contributed by atoms with Gasteiger partial charge < -0.3 is 32.1 Å². The second-order valence-electron chi connectivity index (χ2n) is 17.2. The van der Waals surface area contributed by atoms with Crippen molar-refractivity contribution < 1.29 is 53.7 Å². The van der Waals surface area contributed by atoms with Gasteiger partial charge in [-0.05, 0) is 100 Å². The van der Waals surface area contributed by atoms with Crippen molar-refractivity contribution in [3.8, 4) is 39.5 Å². The summed E-state index contributed by atoms with van der Waals surface area (Å²) < 4.78 is 93.6. The molecule has 0 aliphatic heterocycles. The first-order valence-corrected chi connectivity index (χ1v) is 24.3. The smallest absolute Gasteiger partial charge is 0.507 e. The lowest BCUT2D eigenvalue weighted by Gasteiger charge is -2.14. The first-order valence-electron chi connectivity index (χ1n) is 22.1. The van der Waals surface area contributed by atoms with Crippen molar-refractivity contribution in [2.45, 2.75) is 5.51 Å². The molecule has 352 valence electrons. The van der Waals surface area contributed by atoms with Crippen molar-refractivity contribution >= 4 is 143 Å². The number of phenolic OH excluding ortho intramolecular Hbond substituents is 2. The maximum absolute atomic E-state index is 13.4. The van der Waals surface area contributed by atoms with E-state index < -0.39 is 21.4 Å². The van der Waals surface area contributed by atoms with E-state index >= 15 is 0 Å². The van der Waals surface area contributed by atoms with Crippen molar-refractivity contribution in [2.75, 3.05) is 0 Å². The van der Waals surface area contributed by atoms with Gasteiger partial charge in [0.15, 0.2) is 5.75 Å². The van der Waals surface area contributed by atoms with Gasteiger partial charge in [-0.25, -0.2) is 0 Å². The molecule has 0 spiro atoms. The Hall–Kier alpha value is -8.36. The molecule has 72 heavy (non-hydrogen) atoms. The highest BCUT2D eigenvalue weighted by atomic mass is 35.5. The zero-order valence-electron chi connectivity index (χ0n) is 36.6. The molecule has 0 unspecified atom stereocenters. The predicted molar refractivity (Wildman–Crippen MR) is 277 cm³/mol. The number of phenols is 2. The van der Waals surface area contributed by atoms with Gasteiger partial charge in [-0.2, -0.15) is 21.6 Å². The fraction of sp³-hybridized carbons (Fsp3) is 0.0175. The maximum Gasteiger partial charge on any atom is 0.534 e. The molecule has 15 heteroatoms. The molecule has 0 radical (unpaired) electrons. The molecule has 0 fully saturated rings. The van der Waals surface area contributed by atoms with Gasteiger partial charge in [0.25, 0.3) is 0 Å². The highest BCUT2D eigenvalue weighted by molar-refractivity contribution is 7.88. The number of hydrogen-bond donors (Lipinski definition) is 2. The van der Waals surface area contributed by atoms with Gasteiger partial charge in [0.2, 0.25) is 0 Å². The van der Waals surface area contributed by atoms with Crippen LogP contribution in [-0.2, 0) is 10.1 Å². The summed E-state index contributed by atoms with van der Waals surface area (Å²) in [5.74, 6) is -0.553. The van der Waals surface area contributed by atoms with Crippen LogP contribution < -0.4 is 4.18 Å². The Kier molecular flexibility index (Phi) is 9.59. The van der Waals surface area contributed by atoms with Crippen LogP contribution in [0.4, 0.5) is 13.2 Å². The summed E-state index contributed by atoms with van der Waals surface area (Å²) in [6.07, 6.45) is 0. The number of aromatic hydroxyl groups is 2. The molecule has 9 nitrogen and oxygen atoms in total. The third-order valence-electron chi connectivity index (χ3n) is 13.0. The minimum atomic E-state index is -5.99. The second kappa shape index (κ2) is 15.8. The second-order valence-corrected chi connectivity index (χ2v) is 19.5. The highest BCUT2D eigenvalue weighted by Crippen LogP contribution is 2.51. The van der Waals surface area contributed by atoms with E-state index in [1.165, 1.54) is 6.07 Å². The number of benzene rings is 10. The van der Waals surface area contributed by atoms with E-state index in [9.17, 15) is 31.8 Å². The van der Waals surface area contributed by atoms with Crippen molar-refractivity contribution in [3.05, 3.63) is 174 Å². The molecule has 0 saturated heterocycles. The number of furan rings is 4. The molecule has 4 aromatic heterocycles. The number of rotatable bonds is 4. The van der Waals surface area contributed by atoms with Gasteiger partial charge in [0.1, 0.15) is 56.2 Å². The molecular weight excluding hydrogens is 989 g/mol. The molecule has 10 aromatic carbocycles. The standard InChI is InChI=1S/C29H14ClF3O5S.C28H15ClO4/c30-20-10-9-18(28-25(20)19-13-15-5-1-2-6-16(15)14-24(19)37-28)27-23(38-39(34,35)29(31,32)33)12-11-22-26(27)17-7-3-4-8-21(17)36-22;29-27-20(31)13-18(24-19(30)9-10-22-25(24)16-7-3-4-8-21(16)32-22)28-26(27)17-11-14-5-1-2-6-15(14)12-23(17)33-28/h1-14H;1-13,30-31H. The molecule has 0 saturated carbocycles. The summed E-state index contributed by atoms with van der Waals surface area (Å²) in [6.45, 7) is 0. The Morgan fingerprint density at radius 2 is 0.944 bits per heavy atom. The third kappa shape index (κ3) is 6.65. The Labute approximate surface area is 413 Å². The molecule has 0 bridgehead atoms. The normalized spacial score (nSPS) is 12.5. The van der Waals surface area contributed by atoms with E-state index in [-0.39, 0.29) is 27.7 Å². The lowest BCUT2D eigenvalue weighted by Crippen LogP contribution is -2.28. The number of halogens is 5. The summed E-state index contributed by atoms with van der Waals surface area (Å²) in [7, 11) is -5.99. The molecule has 0 amide bonds. The average molecular weight is 1020 g/mol. The highest BCUT2D eigenvalue weighted by Gasteiger charge is 2.49. The molecule has 2 N–H and O–H groups in total. The van der Waals surface area contributed by atoms with Crippen LogP contribution >= 0.6 is 23.2 Å². The predicted octanol–water partition coefficient (Wildman–Crippen LogP) is 17.6. The monoisotopic (exact) mass is 1020 g/mol. The Morgan fingerprint density at radius 3 is 1.53 bits per heavy atom. The van der Waals surface area contributed by atoms with Crippen LogP contribution in [0.3, 0.4) is 0 Å². The number of fused-ring (bicyclic) bond motifs is 14. The largest absolute Gasteiger partial charge is 0.534 e. The quantitative estimate of drug-likeness (QED) is 0.130. The Balaban J connectivity index is 0.000000142. The van der Waals surface area contributed by atoms with Crippen LogP contribution in [0.1, 0.15) is 0 Å². The molecule has 0 aliphatic rings. The Morgan fingerprint density at radius 1 is 0.444 bits per heavy atom. The first kappa shape index (κ1) is 43.6. The van der Waals surface area contributed by atoms with E-state index in [4.69, 9.17) is 45.1 Å². The van der Waals surface area contributed by atoms with Crippen molar-refractivity contribution in [2.24, 2.45) is 0 Å². The van der Waals surface area contributed by atoms with Gasteiger partial charge in [-0.15, -0.1) is 0 Å². The fourth-order valence-electron chi connectivity index (χ4n) is 9.87. The third-order valence-corrected chi connectivity index (χ3v) is 14.7. The first-order chi connectivity index (χ1) is 34.7. The van der Waals surface area contributed by atoms with Crippen LogP contribution in [0, 0.1) is 0 Å². The van der Waals surface area contributed by atoms with E-state index in [2.05, 4.69) is 0 Å². The molecule has 0 atom stereocenters. The van der Waals surface area contributed by atoms with E-state index in [0.717, 1.165) is 43.8 Å². The van der Waals surface area contributed by atoms with E-state index in [0.29, 0.717) is 87.7 Å². The van der Waals surface area contributed by atoms with Gasteiger partial charge in [0.05, 0.1) is 15.4 Å². The molecule has 14 rings (SSSR count). The van der Waals surface area contributed by atoms with Crippen LogP contribution in [-0.4, -0.2) is 24.1 Å². The summed E-state index contributed by atoms with van der Waals surface area (Å²) in [5.41, 5.74) is -0.150. The molecule has 0 aliphatic carbocycles. The summed E-state index contributed by atoms with van der Waals surface area (Å²) in [4.78, 5) is 0. The SMILES string of the molecule is O=S(=O)(Oc1ccc2oc3ccccc3c2c1-c1ccc(Cl)c2c1oc1cc3ccccc3cc12)C(F)(F)F.Oc1ccc2oc3ccccc3c2c1-c1cc(O)c(Cl)c2c1oc1cc3ccccc3cc12. The molecule has 14 aromatic rings. The van der Waals surface area contributed by atoms with E-state index in [1.807, 2.05) is 97.1 Å². The van der Waals surface area contributed by atoms with Gasteiger partial charge in [-0.3, -0.25) is 0 Å². The molecule has 4 heterocycles. The average Bonchev–Trinajstić information content (AvgIpc) is 4.14. The number of para-hydroxylation sites is 2. The minimum absolute atomic E-state index is 0.0580. The van der Waals surface area contributed by atoms with E-state index in [1.54, 1.807) is 54.6 Å². The van der Waals surface area contributed by atoms with Gasteiger partial charge in [0, 0.05) is 60.0 Å². The fourth-order valence-corrected chi connectivity index (χ4v) is 10.8. The minimum Gasteiger partial charge on any atom is -0.507 e. The number of hydrogen-bond acceptors (Lipinski definition) is 9. The van der Waals surface area contributed by atoms with Crippen molar-refractivity contribution in [1.29, 1.82) is 0 Å². The van der Waals surface area contributed by atoms with Crippen LogP contribution in [0.2, 0.25) is 10.0 Å². The van der Waals surface area contributed by atoms with Crippen molar-refractivity contribution in [1.82, 2.24) is 0 Å². The van der Waals surface area contributed by atoms with Gasteiger partial charge >= 0.3 is 15.6 Å². The summed E-state index contributed by atoms with van der Waals surface area (Å²) >= 11 is 13.2. The zero-order valence-corrected chi connectivity index (χ0v) is 39.0. The van der Waals surface area contributed by atoms with Crippen LogP contribution in [0.15, 0.2) is 181 Å². The van der Waals surface area contributed by atoms with Crippen molar-refractivity contribution in [3.63, 3.8) is 0 Å². The number of alkyl halides is 3. The summed E-state index contributed by atoms with van der Waals surface area (Å²) in [5, 5.41) is 31.5. The zero-order chi connectivity index (χ0) is 49.4. The Bertz CT molecular complexity index is 4740. The summed E-state index contributed by atoms with van der Waals surface area (Å²) in [6, 6.07) is 48.5. The van der Waals surface area contributed by atoms with Crippen LogP contribution in [0.5, 0.6) is 17.2 Å². The van der Waals surface area contributed by atoms with Crippen LogP contribution in [0.25, 0.3) is 132 Å². The topological polar surface area (TPSA) is 136 Å².